The maximum absolute atomic E-state index is 12.7. The molecule has 0 bridgehead atoms. The Labute approximate surface area is 163 Å². The summed E-state index contributed by atoms with van der Waals surface area (Å²) in [6.45, 7) is 1.34. The summed E-state index contributed by atoms with van der Waals surface area (Å²) >= 11 is 9.27. The van der Waals surface area contributed by atoms with Gasteiger partial charge in [-0.2, -0.15) is 0 Å². The summed E-state index contributed by atoms with van der Waals surface area (Å²) in [6, 6.07) is 8.42. The number of amides is 1. The number of halogens is 2. The van der Waals surface area contributed by atoms with Crippen LogP contribution in [-0.2, 0) is 19.6 Å². The summed E-state index contributed by atoms with van der Waals surface area (Å²) in [5.74, 6) is -1.08. The second-order valence-electron chi connectivity index (χ2n) is 5.11. The van der Waals surface area contributed by atoms with E-state index >= 15 is 0 Å². The van der Waals surface area contributed by atoms with E-state index in [2.05, 4.69) is 30.7 Å². The Bertz CT molecular complexity index is 979. The van der Waals surface area contributed by atoms with E-state index in [1.807, 2.05) is 0 Å². The van der Waals surface area contributed by atoms with Crippen molar-refractivity contribution in [3.8, 4) is 0 Å². The van der Waals surface area contributed by atoms with Crippen molar-refractivity contribution in [1.29, 1.82) is 0 Å². The smallest absolute Gasteiger partial charge is 0.339 e. The molecule has 0 aromatic heterocycles. The van der Waals surface area contributed by atoms with Crippen LogP contribution in [-0.4, -0.2) is 27.4 Å². The number of carbonyl (C=O) groups excluding carboxylic acids is 2. The average molecular weight is 462 g/mol. The first kappa shape index (κ1) is 20.2. The van der Waals surface area contributed by atoms with E-state index in [1.165, 1.54) is 43.3 Å². The highest BCUT2D eigenvalue weighted by atomic mass is 79.9. The molecule has 26 heavy (non-hydrogen) atoms. The van der Waals surface area contributed by atoms with E-state index in [1.54, 1.807) is 0 Å². The number of benzene rings is 2. The van der Waals surface area contributed by atoms with Crippen molar-refractivity contribution in [1.82, 2.24) is 0 Å². The van der Waals surface area contributed by atoms with Crippen molar-refractivity contribution < 1.29 is 22.7 Å². The molecule has 0 aliphatic rings. The van der Waals surface area contributed by atoms with Gasteiger partial charge < -0.3 is 10.1 Å². The van der Waals surface area contributed by atoms with Crippen LogP contribution in [0.2, 0.25) is 5.02 Å². The van der Waals surface area contributed by atoms with Crippen LogP contribution in [0.3, 0.4) is 0 Å². The Morgan fingerprint density at radius 3 is 2.42 bits per heavy atom. The van der Waals surface area contributed by atoms with Crippen molar-refractivity contribution in [3.63, 3.8) is 0 Å². The van der Waals surface area contributed by atoms with E-state index in [4.69, 9.17) is 11.6 Å². The fourth-order valence-electron chi connectivity index (χ4n) is 2.08. The highest BCUT2D eigenvalue weighted by Gasteiger charge is 2.24. The predicted molar refractivity (Wildman–Crippen MR) is 102 cm³/mol. The number of carbonyl (C=O) groups is 2. The third kappa shape index (κ3) is 4.75. The van der Waals surface area contributed by atoms with E-state index in [9.17, 15) is 18.0 Å². The molecule has 0 saturated heterocycles. The first-order valence-electron chi connectivity index (χ1n) is 7.12. The highest BCUT2D eigenvalue weighted by Crippen LogP contribution is 2.29. The van der Waals surface area contributed by atoms with Crippen molar-refractivity contribution in [2.45, 2.75) is 11.8 Å². The van der Waals surface area contributed by atoms with Gasteiger partial charge in [-0.1, -0.05) is 27.5 Å². The Morgan fingerprint density at radius 2 is 1.85 bits per heavy atom. The first-order chi connectivity index (χ1) is 12.1. The molecule has 2 aromatic rings. The quantitative estimate of drug-likeness (QED) is 0.662. The third-order valence-electron chi connectivity index (χ3n) is 3.17. The molecule has 0 radical (unpaired) electrons. The minimum atomic E-state index is -4.12. The van der Waals surface area contributed by atoms with Gasteiger partial charge in [-0.25, -0.2) is 13.2 Å². The zero-order valence-electron chi connectivity index (χ0n) is 13.7. The lowest BCUT2D eigenvalue weighted by atomic mass is 10.2. The predicted octanol–water partition coefficient (Wildman–Crippen LogP) is 3.65. The number of anilines is 2. The van der Waals surface area contributed by atoms with E-state index in [0.29, 0.717) is 10.2 Å². The molecule has 0 fully saturated rings. The van der Waals surface area contributed by atoms with Gasteiger partial charge in [-0.05, 0) is 36.4 Å². The molecule has 0 aliphatic carbocycles. The largest absolute Gasteiger partial charge is 0.465 e. The number of ether oxygens (including phenoxy) is 1. The van der Waals surface area contributed by atoms with Crippen LogP contribution >= 0.6 is 27.5 Å². The Hall–Kier alpha value is -2.10. The van der Waals surface area contributed by atoms with Gasteiger partial charge in [-0.15, -0.1) is 0 Å². The minimum absolute atomic E-state index is 0.0801. The zero-order valence-corrected chi connectivity index (χ0v) is 16.8. The zero-order chi connectivity index (χ0) is 19.5. The monoisotopic (exact) mass is 460 g/mol. The van der Waals surface area contributed by atoms with Crippen molar-refractivity contribution in [3.05, 3.63) is 51.5 Å². The number of rotatable bonds is 5. The molecule has 0 aliphatic heterocycles. The molecule has 0 atom stereocenters. The van der Waals surface area contributed by atoms with Crippen LogP contribution in [0.5, 0.6) is 0 Å². The third-order valence-corrected chi connectivity index (χ3v) is 5.40. The van der Waals surface area contributed by atoms with Gasteiger partial charge in [0, 0.05) is 17.1 Å². The van der Waals surface area contributed by atoms with Gasteiger partial charge in [0.1, 0.15) is 4.90 Å². The Morgan fingerprint density at radius 1 is 1.15 bits per heavy atom. The number of hydrogen-bond acceptors (Lipinski definition) is 5. The fraction of sp³-hybridized carbons (Fsp3) is 0.125. The van der Waals surface area contributed by atoms with Gasteiger partial charge in [0.05, 0.1) is 23.4 Å². The van der Waals surface area contributed by atoms with E-state index < -0.39 is 16.0 Å². The molecular formula is C16H14BrClN2O5S. The van der Waals surface area contributed by atoms with Gasteiger partial charge in [0.2, 0.25) is 5.91 Å². The van der Waals surface area contributed by atoms with Gasteiger partial charge >= 0.3 is 5.97 Å². The summed E-state index contributed by atoms with van der Waals surface area (Å²) in [6.07, 6.45) is 0. The van der Waals surface area contributed by atoms with Crippen LogP contribution in [0, 0.1) is 0 Å². The van der Waals surface area contributed by atoms with Crippen molar-refractivity contribution in [2.24, 2.45) is 0 Å². The molecule has 0 heterocycles. The molecule has 2 rings (SSSR count). The molecule has 138 valence electrons. The summed E-state index contributed by atoms with van der Waals surface area (Å²) in [4.78, 5) is 22.7. The summed E-state index contributed by atoms with van der Waals surface area (Å²) < 4.78 is 32.9. The second kappa shape index (κ2) is 8.07. The SMILES string of the molecule is COC(=O)c1cc(Br)ccc1S(=O)(=O)Nc1ccc(NC(C)=O)cc1Cl. The van der Waals surface area contributed by atoms with Crippen molar-refractivity contribution >= 4 is 60.8 Å². The molecule has 7 nitrogen and oxygen atoms in total. The minimum Gasteiger partial charge on any atom is -0.465 e. The van der Waals surface area contributed by atoms with Gasteiger partial charge in [-0.3, -0.25) is 9.52 Å². The van der Waals surface area contributed by atoms with E-state index in [0.717, 1.165) is 7.11 Å². The molecule has 2 aromatic carbocycles. The van der Waals surface area contributed by atoms with Crippen LogP contribution in [0.15, 0.2) is 45.8 Å². The standard InChI is InChI=1S/C16H14BrClN2O5S/c1-9(21)19-11-4-5-14(13(18)8-11)20-26(23,24)15-6-3-10(17)7-12(15)16(22)25-2/h3-8,20H,1-2H3,(H,19,21). The summed E-state index contributed by atoms with van der Waals surface area (Å²) in [7, 11) is -2.96. The first-order valence-corrected chi connectivity index (χ1v) is 9.77. The second-order valence-corrected chi connectivity index (χ2v) is 8.09. The maximum Gasteiger partial charge on any atom is 0.339 e. The topological polar surface area (TPSA) is 102 Å². The number of hydrogen-bond donors (Lipinski definition) is 2. The number of esters is 1. The summed E-state index contributed by atoms with van der Waals surface area (Å²) in [5.41, 5.74) is 0.393. The molecule has 10 heteroatoms. The number of methoxy groups -OCH3 is 1. The van der Waals surface area contributed by atoms with Gasteiger partial charge in [0.25, 0.3) is 10.0 Å². The normalized spacial score (nSPS) is 10.9. The number of nitrogens with one attached hydrogen (secondary N) is 2. The molecule has 0 spiro atoms. The Balaban J connectivity index is 2.41. The average Bonchev–Trinajstić information content (AvgIpc) is 2.55. The lowest BCUT2D eigenvalue weighted by molar-refractivity contribution is -0.114. The van der Waals surface area contributed by atoms with Gasteiger partial charge in [0.15, 0.2) is 0 Å². The van der Waals surface area contributed by atoms with E-state index in [-0.39, 0.29) is 27.1 Å². The molecule has 2 N–H and O–H groups in total. The lowest BCUT2D eigenvalue weighted by Gasteiger charge is -2.13. The fourth-order valence-corrected chi connectivity index (χ4v) is 3.99. The molecule has 1 amide bonds. The molecule has 0 unspecified atom stereocenters. The molecular weight excluding hydrogens is 448 g/mol. The van der Waals surface area contributed by atoms with Crippen LogP contribution < -0.4 is 10.0 Å². The Kier molecular flexibility index (Phi) is 6.27. The number of sulfonamides is 1. The maximum atomic E-state index is 12.7. The molecule has 0 saturated carbocycles. The lowest BCUT2D eigenvalue weighted by Crippen LogP contribution is -2.18. The summed E-state index contributed by atoms with van der Waals surface area (Å²) in [5, 5.41) is 2.62. The highest BCUT2D eigenvalue weighted by molar-refractivity contribution is 9.10. The van der Waals surface area contributed by atoms with Crippen LogP contribution in [0.1, 0.15) is 17.3 Å². The van der Waals surface area contributed by atoms with Crippen molar-refractivity contribution in [2.75, 3.05) is 17.1 Å². The van der Waals surface area contributed by atoms with Crippen LogP contribution in [0.25, 0.3) is 0 Å². The van der Waals surface area contributed by atoms with Crippen LogP contribution in [0.4, 0.5) is 11.4 Å².